The molecule has 0 aliphatic carbocycles. The van der Waals surface area contributed by atoms with Crippen LogP contribution in [-0.2, 0) is 11.3 Å². The molecular weight excluding hydrogens is 217 g/mol. The van der Waals surface area contributed by atoms with Crippen molar-refractivity contribution in [2.75, 3.05) is 0 Å². The van der Waals surface area contributed by atoms with Crippen molar-refractivity contribution in [3.63, 3.8) is 0 Å². The molecule has 0 saturated heterocycles. The second-order valence-electron chi connectivity index (χ2n) is 2.57. The topological polar surface area (TPSA) is 72.2 Å². The van der Waals surface area contributed by atoms with Crippen molar-refractivity contribution in [1.82, 2.24) is 9.55 Å². The van der Waals surface area contributed by atoms with Gasteiger partial charge in [-0.1, -0.05) is 0 Å². The quantitative estimate of drug-likeness (QED) is 0.803. The van der Waals surface area contributed by atoms with E-state index in [0.29, 0.717) is 10.9 Å². The molecule has 15 heavy (non-hydrogen) atoms. The highest BCUT2D eigenvalue weighted by Crippen LogP contribution is 2.16. The molecule has 8 heteroatoms. The third-order valence-electron chi connectivity index (χ3n) is 1.52. The van der Waals surface area contributed by atoms with E-state index in [-0.39, 0.29) is 0 Å². The van der Waals surface area contributed by atoms with Gasteiger partial charge in [-0.3, -0.25) is 14.2 Å². The minimum absolute atomic E-state index is 0.392. The summed E-state index contributed by atoms with van der Waals surface area (Å²) in [5.74, 6) is -3.13. The Labute approximate surface area is 80.8 Å². The zero-order valence-corrected chi connectivity index (χ0v) is 7.15. The minimum Gasteiger partial charge on any atom is -0.480 e. The molecular formula is C7H5F3N2O3. The van der Waals surface area contributed by atoms with Crippen molar-refractivity contribution < 1.29 is 23.1 Å². The van der Waals surface area contributed by atoms with Crippen LogP contribution in [0.2, 0.25) is 0 Å². The lowest BCUT2D eigenvalue weighted by Gasteiger charge is -2.04. The third kappa shape index (κ3) is 2.33. The van der Waals surface area contributed by atoms with Gasteiger partial charge in [0.2, 0.25) is 5.82 Å². The number of alkyl halides is 2. The number of halogens is 3. The van der Waals surface area contributed by atoms with Gasteiger partial charge >= 0.3 is 5.97 Å². The highest BCUT2D eigenvalue weighted by Gasteiger charge is 2.19. The fraction of sp³-hybridized carbons (Fsp3) is 0.286. The first-order valence-corrected chi connectivity index (χ1v) is 3.68. The molecule has 0 unspecified atom stereocenters. The summed E-state index contributed by atoms with van der Waals surface area (Å²) in [7, 11) is 0. The van der Waals surface area contributed by atoms with Gasteiger partial charge in [-0.25, -0.2) is 13.8 Å². The van der Waals surface area contributed by atoms with Crippen molar-refractivity contribution >= 4 is 5.97 Å². The number of carbonyl (C=O) groups is 1. The summed E-state index contributed by atoms with van der Waals surface area (Å²) >= 11 is 0. The zero-order valence-electron chi connectivity index (χ0n) is 7.15. The maximum absolute atomic E-state index is 12.9. The lowest BCUT2D eigenvalue weighted by Crippen LogP contribution is -2.28. The van der Waals surface area contributed by atoms with Gasteiger partial charge in [0.25, 0.3) is 12.0 Å². The highest BCUT2D eigenvalue weighted by atomic mass is 19.3. The van der Waals surface area contributed by atoms with Gasteiger partial charge in [-0.15, -0.1) is 0 Å². The molecule has 0 aliphatic rings. The zero-order chi connectivity index (χ0) is 11.6. The van der Waals surface area contributed by atoms with Gasteiger partial charge in [-0.2, -0.15) is 4.39 Å². The van der Waals surface area contributed by atoms with E-state index in [2.05, 4.69) is 4.98 Å². The van der Waals surface area contributed by atoms with Crippen LogP contribution in [0, 0.1) is 5.82 Å². The summed E-state index contributed by atoms with van der Waals surface area (Å²) in [5.41, 5.74) is -2.70. The standard InChI is InChI=1S/C7H5F3N2O3/c8-4-5(6(9)10)11-2-12(7(4)15)1-3(13)14/h2,6H,1H2,(H,13,14). The molecule has 0 spiro atoms. The van der Waals surface area contributed by atoms with Crippen LogP contribution in [0.15, 0.2) is 11.1 Å². The van der Waals surface area contributed by atoms with Crippen LogP contribution >= 0.6 is 0 Å². The van der Waals surface area contributed by atoms with Crippen LogP contribution in [0.4, 0.5) is 13.2 Å². The Bertz CT molecular complexity index is 444. The number of hydrogen-bond acceptors (Lipinski definition) is 3. The second kappa shape index (κ2) is 4.11. The van der Waals surface area contributed by atoms with Crippen molar-refractivity contribution in [1.29, 1.82) is 0 Å². The number of rotatable bonds is 3. The van der Waals surface area contributed by atoms with E-state index in [1.807, 2.05) is 0 Å². The Morgan fingerprint density at radius 1 is 1.60 bits per heavy atom. The number of hydrogen-bond donors (Lipinski definition) is 1. The molecule has 0 amide bonds. The molecule has 0 bridgehead atoms. The van der Waals surface area contributed by atoms with Crippen molar-refractivity contribution in [2.24, 2.45) is 0 Å². The van der Waals surface area contributed by atoms with E-state index in [1.165, 1.54) is 0 Å². The number of aliphatic carboxylic acids is 1. The van der Waals surface area contributed by atoms with E-state index in [4.69, 9.17) is 5.11 Å². The lowest BCUT2D eigenvalue weighted by atomic mass is 10.4. The summed E-state index contributed by atoms with van der Waals surface area (Å²) in [4.78, 5) is 24.1. The average molecular weight is 222 g/mol. The molecule has 5 nitrogen and oxygen atoms in total. The second-order valence-corrected chi connectivity index (χ2v) is 2.57. The molecule has 1 heterocycles. The Hall–Kier alpha value is -1.86. The molecule has 1 aromatic rings. The number of carboxylic acids is 1. The van der Waals surface area contributed by atoms with Crippen LogP contribution < -0.4 is 5.56 Å². The molecule has 0 saturated carbocycles. The van der Waals surface area contributed by atoms with Gasteiger partial charge in [0.05, 0.1) is 6.33 Å². The van der Waals surface area contributed by atoms with Gasteiger partial charge in [-0.05, 0) is 0 Å². The van der Waals surface area contributed by atoms with Crippen LogP contribution in [0.5, 0.6) is 0 Å². The molecule has 82 valence electrons. The maximum atomic E-state index is 12.9. The molecule has 0 aromatic carbocycles. The SMILES string of the molecule is O=C(O)Cn1cnc(C(F)F)c(F)c1=O. The Morgan fingerprint density at radius 3 is 2.67 bits per heavy atom. The fourth-order valence-corrected chi connectivity index (χ4v) is 0.887. The first kappa shape index (κ1) is 11.2. The van der Waals surface area contributed by atoms with Gasteiger partial charge in [0, 0.05) is 0 Å². The first-order valence-electron chi connectivity index (χ1n) is 3.68. The van der Waals surface area contributed by atoms with E-state index in [9.17, 15) is 22.8 Å². The minimum atomic E-state index is -3.21. The predicted octanol–water partition coefficient (Wildman–Crippen LogP) is 0.405. The van der Waals surface area contributed by atoms with Crippen molar-refractivity contribution in [3.8, 4) is 0 Å². The van der Waals surface area contributed by atoms with Crippen molar-refractivity contribution in [3.05, 3.63) is 28.2 Å². The predicted molar refractivity (Wildman–Crippen MR) is 41.0 cm³/mol. The fourth-order valence-electron chi connectivity index (χ4n) is 0.887. The van der Waals surface area contributed by atoms with Gasteiger partial charge < -0.3 is 5.11 Å². The molecule has 0 radical (unpaired) electrons. The lowest BCUT2D eigenvalue weighted by molar-refractivity contribution is -0.137. The Kier molecular flexibility index (Phi) is 3.08. The first-order chi connectivity index (χ1) is 6.93. The molecule has 0 aliphatic heterocycles. The van der Waals surface area contributed by atoms with Gasteiger partial charge in [0.15, 0.2) is 0 Å². The highest BCUT2D eigenvalue weighted by molar-refractivity contribution is 5.66. The Balaban J connectivity index is 3.22. The molecule has 0 fully saturated rings. The molecule has 1 rings (SSSR count). The summed E-state index contributed by atoms with van der Waals surface area (Å²) in [5, 5.41) is 8.30. The molecule has 0 atom stereocenters. The summed E-state index contributed by atoms with van der Waals surface area (Å²) in [6.45, 7) is -0.827. The number of carboxylic acid groups (broad SMARTS) is 1. The van der Waals surface area contributed by atoms with E-state index < -0.39 is 36.0 Å². The number of aromatic nitrogens is 2. The van der Waals surface area contributed by atoms with E-state index in [0.717, 1.165) is 0 Å². The van der Waals surface area contributed by atoms with Crippen LogP contribution in [0.1, 0.15) is 12.1 Å². The summed E-state index contributed by atoms with van der Waals surface area (Å²) in [6.07, 6.45) is -2.64. The van der Waals surface area contributed by atoms with E-state index >= 15 is 0 Å². The largest absolute Gasteiger partial charge is 0.480 e. The Morgan fingerprint density at radius 2 is 2.20 bits per heavy atom. The smallest absolute Gasteiger partial charge is 0.323 e. The average Bonchev–Trinajstić information content (AvgIpc) is 2.12. The number of nitrogens with zero attached hydrogens (tertiary/aromatic N) is 2. The van der Waals surface area contributed by atoms with Crippen LogP contribution in [0.25, 0.3) is 0 Å². The summed E-state index contributed by atoms with van der Waals surface area (Å²) in [6, 6.07) is 0. The monoisotopic (exact) mass is 222 g/mol. The normalized spacial score (nSPS) is 10.7. The molecule has 1 aromatic heterocycles. The summed E-state index contributed by atoms with van der Waals surface area (Å²) < 4.78 is 37.4. The molecule has 1 N–H and O–H groups in total. The van der Waals surface area contributed by atoms with Gasteiger partial charge in [0.1, 0.15) is 12.2 Å². The van der Waals surface area contributed by atoms with Crippen molar-refractivity contribution in [2.45, 2.75) is 13.0 Å². The van der Waals surface area contributed by atoms with Crippen LogP contribution in [0.3, 0.4) is 0 Å². The van der Waals surface area contributed by atoms with Crippen LogP contribution in [-0.4, -0.2) is 20.6 Å². The van der Waals surface area contributed by atoms with E-state index in [1.54, 1.807) is 0 Å². The third-order valence-corrected chi connectivity index (χ3v) is 1.52. The maximum Gasteiger partial charge on any atom is 0.323 e.